The first kappa shape index (κ1) is 68.7. The van der Waals surface area contributed by atoms with Gasteiger partial charge in [-0.15, -0.1) is 0 Å². The number of nitrogens with two attached hydrogens (primary N) is 4. The van der Waals surface area contributed by atoms with Crippen molar-refractivity contribution < 1.29 is 136 Å². The molecule has 5 aliphatic rings. The third-order valence-electron chi connectivity index (χ3n) is 15.6. The maximum atomic E-state index is 17.1. The minimum atomic E-state index is -6.41. The number of phosphoric acid groups is 5. The summed E-state index contributed by atoms with van der Waals surface area (Å²) >= 11 is 0. The fourth-order valence-corrected chi connectivity index (χ4v) is 16.8. The molecule has 21 atom stereocenters. The van der Waals surface area contributed by atoms with E-state index in [-0.39, 0.29) is 68.2 Å². The summed E-state index contributed by atoms with van der Waals surface area (Å²) in [5.74, 6) is -1.02. The molecular formula is C42H52FN20O29P5. The van der Waals surface area contributed by atoms with Crippen LogP contribution >= 0.6 is 39.1 Å². The van der Waals surface area contributed by atoms with Gasteiger partial charge in [0, 0.05) is 0 Å². The standard InChI is InChI=1S/C42H52FN20O29P5/c1-59-12-63(33-20(59)35(69)58-41(47)56-33)38-24(67)22(65)14(86-38)3-82-95(74,75)91-97(78,79)92-96(76,77)83-4-15-25(16(43)36(87-15)60-9-52-17-28(44)48-7-50-30(17)60)89-94(72,73)84-6-42-5-80-26(39(88-42)61-10-53-18-29(45)49-8-51-31(18)61)27(42)90-93(70,71)81-2-13-21(64)23(66)37(85-13)62-11-54-19-32(62)55-40(46)57-34(19)68/h7-16,21-27,36-39,64-67H,2-6H2,1H3,(H14-,44,45,46,47,48,49,50,51,55,56,57,58,68,69,70,71,72,73,74,75,76,77,78,79)/t13-,14-,15-,16?,21+,22+,23?,24?,25+,26?,27-,36-,37-,38-,39-,42-/m1/s1. The number of nitrogen functional groups attached to an aromatic ring is 4. The van der Waals surface area contributed by atoms with Crippen LogP contribution in [0, 0.1) is 0 Å². The van der Waals surface area contributed by atoms with Crippen LogP contribution in [-0.2, 0) is 89.3 Å². The Hall–Kier alpha value is -6.80. The van der Waals surface area contributed by atoms with Gasteiger partial charge in [0.2, 0.25) is 17.7 Å². The van der Waals surface area contributed by atoms with Crippen molar-refractivity contribution in [3.05, 3.63) is 58.7 Å². The molecule has 49 nitrogen and oxygen atoms in total. The van der Waals surface area contributed by atoms with E-state index in [1.54, 1.807) is 0 Å². The van der Waals surface area contributed by atoms with E-state index >= 15 is 4.39 Å². The molecular weight excluding hydrogens is 1420 g/mol. The molecule has 5 saturated heterocycles. The number of H-pyrrole nitrogens is 2. The molecule has 0 radical (unpaired) electrons. The highest BCUT2D eigenvalue weighted by Crippen LogP contribution is 2.67. The lowest BCUT2D eigenvalue weighted by molar-refractivity contribution is -0.745. The van der Waals surface area contributed by atoms with Crippen molar-refractivity contribution in [2.75, 3.05) is 56.0 Å². The maximum absolute atomic E-state index is 17.1. The molecule has 97 heavy (non-hydrogen) atoms. The fraction of sp³-hybridized carbons (Fsp3) is 0.524. The lowest BCUT2D eigenvalue weighted by atomic mass is 10.0. The summed E-state index contributed by atoms with van der Waals surface area (Å²) in [6.45, 7) is -5.79. The first-order valence-corrected chi connectivity index (χ1v) is 35.0. The molecule has 0 aromatic carbocycles. The molecule has 55 heteroatoms. The maximum Gasteiger partial charge on any atom is 0.487 e. The Morgan fingerprint density at radius 1 is 0.649 bits per heavy atom. The molecule has 18 N–H and O–H groups in total. The van der Waals surface area contributed by atoms with Gasteiger partial charge in [-0.25, -0.2) is 66.4 Å². The Morgan fingerprint density at radius 3 is 1.89 bits per heavy atom. The number of hydrogen-bond donors (Lipinski definition) is 14. The van der Waals surface area contributed by atoms with E-state index in [0.717, 1.165) is 45.3 Å². The number of fused-ring (bicyclic) bond motifs is 6. The Labute approximate surface area is 534 Å². The lowest BCUT2D eigenvalue weighted by Gasteiger charge is -2.32. The van der Waals surface area contributed by atoms with Gasteiger partial charge >= 0.3 is 36.9 Å². The molecule has 0 amide bonds. The zero-order chi connectivity index (χ0) is 69.4. The molecule has 13 heterocycles. The van der Waals surface area contributed by atoms with Crippen molar-refractivity contribution in [1.82, 2.24) is 73.1 Å². The van der Waals surface area contributed by atoms with Crippen LogP contribution in [0.15, 0.2) is 47.6 Å². The first-order valence-electron chi connectivity index (χ1n) is 27.6. The smallest absolute Gasteiger partial charge is 0.487 e. The van der Waals surface area contributed by atoms with Crippen LogP contribution in [0.25, 0.3) is 44.7 Å². The molecule has 9 unspecified atom stereocenters. The molecule has 2 bridgehead atoms. The zero-order valence-electron chi connectivity index (χ0n) is 48.5. The van der Waals surface area contributed by atoms with Crippen molar-refractivity contribution >= 4 is 107 Å². The fourth-order valence-electron chi connectivity index (χ4n) is 11.3. The number of imidazole rings is 4. The number of nitrogens with zero attached hydrogens (tertiary/aromatic N) is 14. The van der Waals surface area contributed by atoms with Crippen LogP contribution in [0.3, 0.4) is 0 Å². The minimum absolute atomic E-state index is 0.00533. The molecule has 0 spiro atoms. The zero-order valence-corrected chi connectivity index (χ0v) is 53.0. The third kappa shape index (κ3) is 13.0. The molecule has 13 rings (SSSR count). The van der Waals surface area contributed by atoms with Crippen LogP contribution in [0.2, 0.25) is 0 Å². The number of halogens is 1. The lowest BCUT2D eigenvalue weighted by Crippen LogP contribution is -2.46. The van der Waals surface area contributed by atoms with E-state index in [4.69, 9.17) is 69.2 Å². The molecule has 0 saturated carbocycles. The first-order chi connectivity index (χ1) is 45.6. The van der Waals surface area contributed by atoms with E-state index < -0.39 is 181 Å². The Morgan fingerprint density at radius 2 is 1.21 bits per heavy atom. The van der Waals surface area contributed by atoms with E-state index in [0.29, 0.717) is 0 Å². The average molecular weight is 1470 g/mol. The summed E-state index contributed by atoms with van der Waals surface area (Å²) < 4.78 is 159. The summed E-state index contributed by atoms with van der Waals surface area (Å²) in [4.78, 5) is 122. The van der Waals surface area contributed by atoms with Gasteiger partial charge in [-0.3, -0.25) is 65.0 Å². The number of aromatic amines is 2. The average Bonchev–Trinajstić information content (AvgIpc) is 1.56. The second-order valence-electron chi connectivity index (χ2n) is 21.9. The van der Waals surface area contributed by atoms with Crippen molar-refractivity contribution in [3.8, 4) is 0 Å². The van der Waals surface area contributed by atoms with Crippen molar-refractivity contribution in [2.24, 2.45) is 7.05 Å². The molecule has 0 aliphatic carbocycles. The van der Waals surface area contributed by atoms with E-state index in [2.05, 4.69) is 68.0 Å². The predicted molar refractivity (Wildman–Crippen MR) is 304 cm³/mol. The predicted octanol–water partition coefficient (Wildman–Crippen LogP) is -5.43. The van der Waals surface area contributed by atoms with Gasteiger partial charge in [-0.05, 0) is 0 Å². The van der Waals surface area contributed by atoms with Crippen LogP contribution in [0.1, 0.15) is 24.9 Å². The number of rotatable bonds is 24. The van der Waals surface area contributed by atoms with Gasteiger partial charge in [-0.2, -0.15) is 9.29 Å². The molecule has 5 fully saturated rings. The van der Waals surface area contributed by atoms with Gasteiger partial charge in [0.1, 0.15) is 90.3 Å². The summed E-state index contributed by atoms with van der Waals surface area (Å²) in [7, 11) is -28.8. The highest BCUT2D eigenvalue weighted by Gasteiger charge is 2.66. The number of hydrogen-bond acceptors (Lipinski definition) is 38. The summed E-state index contributed by atoms with van der Waals surface area (Å²) in [5, 5.41) is 43.6. The third-order valence-corrected chi connectivity index (χ3v) is 21.8. The molecule has 5 aliphatic heterocycles. The minimum Gasteiger partial charge on any atom is -0.756 e. The van der Waals surface area contributed by atoms with E-state index in [9.17, 15) is 77.3 Å². The number of ether oxygens (including phenoxy) is 5. The second kappa shape index (κ2) is 25.1. The Kier molecular flexibility index (Phi) is 17.8. The number of aryl methyl sites for hydroxylation is 1. The van der Waals surface area contributed by atoms with Crippen molar-refractivity contribution in [1.29, 1.82) is 0 Å². The quantitative estimate of drug-likeness (QED) is 0.0198. The van der Waals surface area contributed by atoms with Crippen LogP contribution in [0.5, 0.6) is 0 Å². The number of anilines is 4. The largest absolute Gasteiger partial charge is 0.756 e. The van der Waals surface area contributed by atoms with Gasteiger partial charge in [0.25, 0.3) is 24.9 Å². The number of nitrogens with one attached hydrogen (secondary N) is 2. The molecule has 8 aromatic rings. The van der Waals surface area contributed by atoms with Gasteiger partial charge in [0.15, 0.2) is 65.3 Å². The van der Waals surface area contributed by atoms with Gasteiger partial charge < -0.3 is 96.0 Å². The number of phosphoric ester groups is 4. The topological polar surface area (TPSA) is 700 Å². The summed E-state index contributed by atoms with van der Waals surface area (Å²) in [6, 6.07) is 0. The monoisotopic (exact) mass is 1470 g/mol. The number of aromatic nitrogens is 16. The van der Waals surface area contributed by atoms with Gasteiger partial charge in [-0.1, -0.05) is 4.98 Å². The number of alkyl halides is 1. The number of aliphatic hydroxyl groups is 4. The Bertz CT molecular complexity index is 4780. The SMILES string of the molecule is Cn1c[n+]([C@@H]2O[C@H](COP(=O)([O-])OP(=O)(O)OP(=O)(O)OC[C@H]3O[C@@H](n4cnc5c(N)ncnc54)C(F)[C@H]3OP(=O)(O)OC[C@@]34COC([C@H](n5cnc6c(N)ncnc65)O3)[C@H]4OP(=O)(O)OC[C@H]3O[C@@H](n4cnc5c(=O)[nH]c(N)nc54)C(O)[C@H]3O)[C@H](O)C2O)c2nc(N)[nH]c(=O)c21. The molecule has 526 valence electrons. The summed E-state index contributed by atoms with van der Waals surface area (Å²) in [6.07, 6.45) is -22.1. The van der Waals surface area contributed by atoms with Crippen LogP contribution in [0.4, 0.5) is 27.9 Å². The van der Waals surface area contributed by atoms with Crippen LogP contribution in [-0.4, -0.2) is 219 Å². The van der Waals surface area contributed by atoms with Crippen LogP contribution < -0.4 is 43.5 Å². The molecule has 8 aromatic heterocycles. The highest BCUT2D eigenvalue weighted by molar-refractivity contribution is 7.66. The Balaban J connectivity index is 0.698. The van der Waals surface area contributed by atoms with E-state index in [1.807, 2.05) is 0 Å². The van der Waals surface area contributed by atoms with E-state index in [1.165, 1.54) is 22.5 Å². The highest BCUT2D eigenvalue weighted by atomic mass is 31.3. The van der Waals surface area contributed by atoms with Gasteiger partial charge in [0.05, 0.1) is 59.1 Å². The van der Waals surface area contributed by atoms with Crippen molar-refractivity contribution in [2.45, 2.75) is 97.7 Å². The second-order valence-corrected chi connectivity index (χ2v) is 29.3. The normalized spacial score (nSPS) is 32.1. The number of aliphatic hydroxyl groups excluding tert-OH is 4. The summed E-state index contributed by atoms with van der Waals surface area (Å²) in [5.41, 5.74) is 18.6. The van der Waals surface area contributed by atoms with Crippen molar-refractivity contribution in [3.63, 3.8) is 0 Å².